The van der Waals surface area contributed by atoms with Crippen LogP contribution in [0.4, 0.5) is 0 Å². The van der Waals surface area contributed by atoms with Crippen molar-refractivity contribution in [2.24, 2.45) is 0 Å². The Balaban J connectivity index is 2.31. The summed E-state index contributed by atoms with van der Waals surface area (Å²) in [5.74, 6) is 0. The van der Waals surface area contributed by atoms with Crippen LogP contribution in [-0.4, -0.2) is 0 Å². The first kappa shape index (κ1) is 10.4. The molecule has 0 unspecified atom stereocenters. The van der Waals surface area contributed by atoms with Crippen molar-refractivity contribution in [3.63, 3.8) is 0 Å². The quantitative estimate of drug-likeness (QED) is 0.375. The molecule has 0 amide bonds. The molecule has 0 aliphatic rings. The van der Waals surface area contributed by atoms with Crippen LogP contribution in [0.2, 0.25) is 5.02 Å². The Morgan fingerprint density at radius 3 is 2.56 bits per heavy atom. The highest BCUT2D eigenvalue weighted by Crippen LogP contribution is 2.38. The van der Waals surface area contributed by atoms with Gasteiger partial charge in [-0.1, -0.05) is 48.0 Å². The number of rotatable bonds is 0. The summed E-state index contributed by atoms with van der Waals surface area (Å²) in [5, 5.41) is 5.96. The molecule has 0 saturated carbocycles. The lowest BCUT2D eigenvalue weighted by Crippen LogP contribution is -1.73. The van der Waals surface area contributed by atoms with Crippen LogP contribution >= 0.6 is 22.9 Å². The monoisotopic (exact) mass is 268 g/mol. The Bertz CT molecular complexity index is 889. The molecule has 0 nitrogen and oxygen atoms in total. The van der Waals surface area contributed by atoms with Crippen LogP contribution < -0.4 is 0 Å². The van der Waals surface area contributed by atoms with E-state index in [-0.39, 0.29) is 0 Å². The molecule has 4 rings (SSSR count). The molecular weight excluding hydrogens is 260 g/mol. The highest BCUT2D eigenvalue weighted by molar-refractivity contribution is 7.26. The van der Waals surface area contributed by atoms with Crippen molar-refractivity contribution in [1.29, 1.82) is 0 Å². The minimum Gasteiger partial charge on any atom is -0.135 e. The van der Waals surface area contributed by atoms with E-state index in [2.05, 4.69) is 48.5 Å². The predicted octanol–water partition coefficient (Wildman–Crippen LogP) is 5.86. The average molecular weight is 269 g/mol. The third-order valence-corrected chi connectivity index (χ3v) is 4.78. The number of hydrogen-bond acceptors (Lipinski definition) is 1. The first-order valence-corrected chi connectivity index (χ1v) is 7.02. The lowest BCUT2D eigenvalue weighted by Gasteiger charge is -2.00. The molecule has 3 aromatic carbocycles. The molecule has 0 atom stereocenters. The van der Waals surface area contributed by atoms with Gasteiger partial charge in [0.1, 0.15) is 0 Å². The van der Waals surface area contributed by atoms with Crippen molar-refractivity contribution in [3.8, 4) is 0 Å². The Morgan fingerprint density at radius 2 is 1.61 bits per heavy atom. The fourth-order valence-corrected chi connectivity index (χ4v) is 3.88. The van der Waals surface area contributed by atoms with E-state index >= 15 is 0 Å². The molecule has 18 heavy (non-hydrogen) atoms. The van der Waals surface area contributed by atoms with Crippen molar-refractivity contribution < 1.29 is 0 Å². The van der Waals surface area contributed by atoms with Gasteiger partial charge in [0.2, 0.25) is 0 Å². The fraction of sp³-hybridized carbons (Fsp3) is 0. The predicted molar refractivity (Wildman–Crippen MR) is 81.8 cm³/mol. The van der Waals surface area contributed by atoms with E-state index in [0.717, 1.165) is 5.02 Å². The van der Waals surface area contributed by atoms with Crippen molar-refractivity contribution in [2.45, 2.75) is 0 Å². The van der Waals surface area contributed by atoms with Crippen molar-refractivity contribution in [2.75, 3.05) is 0 Å². The molecule has 0 bridgehead atoms. The van der Waals surface area contributed by atoms with Crippen LogP contribution in [0.15, 0.2) is 54.6 Å². The lowest BCUT2D eigenvalue weighted by atomic mass is 10.1. The standard InChI is InChI=1S/C16H9ClS/c17-11-7-5-10-6-8-13-12-3-1-2-4-15(12)18-16(13)14(10)9-11/h1-9H. The number of halogens is 1. The first-order chi connectivity index (χ1) is 8.83. The summed E-state index contributed by atoms with van der Waals surface area (Å²) in [6, 6.07) is 19.0. The van der Waals surface area contributed by atoms with Gasteiger partial charge in [-0.25, -0.2) is 0 Å². The lowest BCUT2D eigenvalue weighted by molar-refractivity contribution is 1.81. The number of benzene rings is 3. The molecule has 0 N–H and O–H groups in total. The molecule has 86 valence electrons. The van der Waals surface area contributed by atoms with Gasteiger partial charge < -0.3 is 0 Å². The molecule has 0 saturated heterocycles. The molecule has 1 aromatic heterocycles. The average Bonchev–Trinajstić information content (AvgIpc) is 2.78. The maximum absolute atomic E-state index is 6.12. The summed E-state index contributed by atoms with van der Waals surface area (Å²) < 4.78 is 2.66. The summed E-state index contributed by atoms with van der Waals surface area (Å²) in [4.78, 5) is 0. The van der Waals surface area contributed by atoms with Crippen LogP contribution in [0, 0.1) is 0 Å². The zero-order chi connectivity index (χ0) is 12.1. The largest absolute Gasteiger partial charge is 0.135 e. The Labute approximate surface area is 113 Å². The molecule has 0 fully saturated rings. The Kier molecular flexibility index (Phi) is 2.14. The van der Waals surface area contributed by atoms with E-state index in [1.807, 2.05) is 17.4 Å². The van der Waals surface area contributed by atoms with Crippen molar-refractivity contribution in [3.05, 3.63) is 59.6 Å². The number of fused-ring (bicyclic) bond motifs is 5. The second kappa shape index (κ2) is 3.71. The van der Waals surface area contributed by atoms with Gasteiger partial charge >= 0.3 is 0 Å². The van der Waals surface area contributed by atoms with Gasteiger partial charge in [0.05, 0.1) is 0 Å². The molecule has 0 aliphatic carbocycles. The van der Waals surface area contributed by atoms with Crippen LogP contribution in [-0.2, 0) is 0 Å². The van der Waals surface area contributed by atoms with Crippen molar-refractivity contribution in [1.82, 2.24) is 0 Å². The van der Waals surface area contributed by atoms with Crippen LogP contribution in [0.1, 0.15) is 0 Å². The third kappa shape index (κ3) is 1.38. The van der Waals surface area contributed by atoms with E-state index in [1.165, 1.54) is 30.9 Å². The molecule has 0 spiro atoms. The van der Waals surface area contributed by atoms with Gasteiger partial charge in [-0.3, -0.25) is 0 Å². The van der Waals surface area contributed by atoms with Gasteiger partial charge in [0.25, 0.3) is 0 Å². The third-order valence-electron chi connectivity index (χ3n) is 3.32. The first-order valence-electron chi connectivity index (χ1n) is 5.82. The van der Waals surface area contributed by atoms with Gasteiger partial charge in [-0.2, -0.15) is 0 Å². The highest BCUT2D eigenvalue weighted by Gasteiger charge is 2.07. The van der Waals surface area contributed by atoms with E-state index in [1.54, 1.807) is 0 Å². The minimum atomic E-state index is 0.799. The summed E-state index contributed by atoms with van der Waals surface area (Å²) in [6.07, 6.45) is 0. The fourth-order valence-electron chi connectivity index (χ4n) is 2.47. The Hall–Kier alpha value is -1.57. The summed E-state index contributed by atoms with van der Waals surface area (Å²) in [5.41, 5.74) is 0. The second-order valence-electron chi connectivity index (χ2n) is 4.41. The van der Waals surface area contributed by atoms with E-state index in [4.69, 9.17) is 11.6 Å². The molecule has 0 radical (unpaired) electrons. The van der Waals surface area contributed by atoms with E-state index in [0.29, 0.717) is 0 Å². The molecule has 4 aromatic rings. The normalized spacial score (nSPS) is 11.6. The highest BCUT2D eigenvalue weighted by atomic mass is 35.5. The summed E-state index contributed by atoms with van der Waals surface area (Å²) in [7, 11) is 0. The molecule has 0 aliphatic heterocycles. The minimum absolute atomic E-state index is 0.799. The van der Waals surface area contributed by atoms with Crippen molar-refractivity contribution >= 4 is 53.9 Å². The van der Waals surface area contributed by atoms with E-state index in [9.17, 15) is 0 Å². The van der Waals surface area contributed by atoms with Gasteiger partial charge in [-0.05, 0) is 23.6 Å². The zero-order valence-electron chi connectivity index (χ0n) is 9.48. The van der Waals surface area contributed by atoms with Crippen LogP contribution in [0.3, 0.4) is 0 Å². The molecule has 1 heterocycles. The second-order valence-corrected chi connectivity index (χ2v) is 5.89. The Morgan fingerprint density at radius 1 is 0.778 bits per heavy atom. The number of thiophene rings is 1. The summed E-state index contributed by atoms with van der Waals surface area (Å²) in [6.45, 7) is 0. The van der Waals surface area contributed by atoms with Crippen LogP contribution in [0.5, 0.6) is 0 Å². The smallest absolute Gasteiger partial charge is 0.0434 e. The molecule has 2 heteroatoms. The SMILES string of the molecule is Clc1ccc2ccc3c4ccccc4sc3c2c1. The van der Waals surface area contributed by atoms with Crippen LogP contribution in [0.25, 0.3) is 30.9 Å². The van der Waals surface area contributed by atoms with Gasteiger partial charge in [0, 0.05) is 30.6 Å². The van der Waals surface area contributed by atoms with Gasteiger partial charge in [0.15, 0.2) is 0 Å². The van der Waals surface area contributed by atoms with Gasteiger partial charge in [-0.15, -0.1) is 11.3 Å². The maximum Gasteiger partial charge on any atom is 0.0434 e. The topological polar surface area (TPSA) is 0 Å². The van der Waals surface area contributed by atoms with E-state index < -0.39 is 0 Å². The summed E-state index contributed by atoms with van der Waals surface area (Å²) >= 11 is 7.96. The number of hydrogen-bond donors (Lipinski definition) is 0. The molecular formula is C16H9ClS. The maximum atomic E-state index is 6.12. The zero-order valence-corrected chi connectivity index (χ0v) is 11.1.